The summed E-state index contributed by atoms with van der Waals surface area (Å²) >= 11 is 0. The Morgan fingerprint density at radius 2 is 1.94 bits per heavy atom. The molecular weight excluding hydrogens is 404 g/mol. The summed E-state index contributed by atoms with van der Waals surface area (Å²) in [7, 11) is 1.43. The average Bonchev–Trinajstić information content (AvgIpc) is 3.11. The SMILES string of the molecule is C#CCC[C@@]1(C)C(=O)CCC2C3CC[C@H]([C@H](C)CCC(=O)OC)[C@@]3(C)[C@@H](OC(C)=O)CC21. The van der Waals surface area contributed by atoms with Gasteiger partial charge >= 0.3 is 11.9 Å². The van der Waals surface area contributed by atoms with E-state index in [0.717, 1.165) is 32.1 Å². The van der Waals surface area contributed by atoms with E-state index in [0.29, 0.717) is 55.1 Å². The van der Waals surface area contributed by atoms with E-state index in [2.05, 4.69) is 26.7 Å². The third-order valence-corrected chi connectivity index (χ3v) is 9.56. The summed E-state index contributed by atoms with van der Waals surface area (Å²) in [5.41, 5.74) is -0.584. The lowest BCUT2D eigenvalue weighted by molar-refractivity contribution is -0.186. The van der Waals surface area contributed by atoms with Crippen LogP contribution in [0.25, 0.3) is 0 Å². The number of ether oxygens (including phenoxy) is 2. The van der Waals surface area contributed by atoms with E-state index in [-0.39, 0.29) is 29.4 Å². The van der Waals surface area contributed by atoms with Crippen molar-refractivity contribution < 1.29 is 23.9 Å². The summed E-state index contributed by atoms with van der Waals surface area (Å²) < 4.78 is 10.9. The smallest absolute Gasteiger partial charge is 0.305 e. The lowest BCUT2D eigenvalue weighted by Crippen LogP contribution is -2.58. The van der Waals surface area contributed by atoms with Crippen molar-refractivity contribution in [3.8, 4) is 12.3 Å². The molecule has 8 atom stereocenters. The summed E-state index contributed by atoms with van der Waals surface area (Å²) in [6.45, 7) is 8.11. The molecule has 32 heavy (non-hydrogen) atoms. The first kappa shape index (κ1) is 24.8. The van der Waals surface area contributed by atoms with E-state index in [1.807, 2.05) is 0 Å². The first-order chi connectivity index (χ1) is 15.1. The molecule has 5 heteroatoms. The summed E-state index contributed by atoms with van der Waals surface area (Å²) in [4.78, 5) is 37.0. The van der Waals surface area contributed by atoms with E-state index in [1.54, 1.807) is 0 Å². The molecule has 178 valence electrons. The lowest BCUT2D eigenvalue weighted by Gasteiger charge is -2.58. The minimum atomic E-state index is -0.441. The maximum Gasteiger partial charge on any atom is 0.305 e. The second-order valence-corrected chi connectivity index (χ2v) is 10.9. The number of carbonyl (C=O) groups excluding carboxylic acids is 3. The predicted octanol–water partition coefficient (Wildman–Crippen LogP) is 4.96. The topological polar surface area (TPSA) is 69.7 Å². The van der Waals surface area contributed by atoms with Crippen LogP contribution in [-0.2, 0) is 23.9 Å². The molecule has 3 aliphatic carbocycles. The van der Waals surface area contributed by atoms with Crippen LogP contribution in [-0.4, -0.2) is 30.9 Å². The Balaban J connectivity index is 1.93. The fourth-order valence-electron chi connectivity index (χ4n) is 7.85. The average molecular weight is 445 g/mol. The van der Waals surface area contributed by atoms with Crippen LogP contribution in [0.1, 0.15) is 85.5 Å². The van der Waals surface area contributed by atoms with Gasteiger partial charge in [-0.05, 0) is 68.1 Å². The molecule has 0 aliphatic heterocycles. The third-order valence-electron chi connectivity index (χ3n) is 9.56. The highest BCUT2D eigenvalue weighted by atomic mass is 16.5. The van der Waals surface area contributed by atoms with Gasteiger partial charge in [0.1, 0.15) is 11.9 Å². The molecule has 0 aromatic heterocycles. The Kier molecular flexibility index (Phi) is 7.42. The quantitative estimate of drug-likeness (QED) is 0.410. The number of carbonyl (C=O) groups is 3. The van der Waals surface area contributed by atoms with Crippen LogP contribution in [0.2, 0.25) is 0 Å². The Labute approximate surface area is 193 Å². The third kappa shape index (κ3) is 4.22. The highest BCUT2D eigenvalue weighted by molar-refractivity contribution is 5.85. The predicted molar refractivity (Wildman–Crippen MR) is 122 cm³/mol. The second kappa shape index (κ2) is 9.57. The molecule has 3 rings (SSSR count). The fourth-order valence-corrected chi connectivity index (χ4v) is 7.85. The summed E-state index contributed by atoms with van der Waals surface area (Å²) in [6, 6.07) is 0. The van der Waals surface area contributed by atoms with Crippen LogP contribution in [0.15, 0.2) is 0 Å². The zero-order valence-electron chi connectivity index (χ0n) is 20.4. The first-order valence-electron chi connectivity index (χ1n) is 12.3. The zero-order valence-corrected chi connectivity index (χ0v) is 20.4. The standard InChI is InChI=1S/C27H40O5/c1-7-8-15-26(4)22-16-24(32-18(3)28)27(5)20(17(2)9-14-25(30)31-6)11-12-21(27)19(22)10-13-23(26)29/h1,17,19-22,24H,8-16H2,2-6H3/t17-,19?,20-,21?,22?,24+,26-,27-/m1/s1. The number of hydrogen-bond donors (Lipinski definition) is 0. The number of hydrogen-bond acceptors (Lipinski definition) is 5. The second-order valence-electron chi connectivity index (χ2n) is 10.9. The summed E-state index contributed by atoms with van der Waals surface area (Å²) in [6.07, 6.45) is 12.3. The zero-order chi connectivity index (χ0) is 23.7. The van der Waals surface area contributed by atoms with Crippen molar-refractivity contribution in [1.82, 2.24) is 0 Å². The van der Waals surface area contributed by atoms with Gasteiger partial charge in [-0.2, -0.15) is 0 Å². The van der Waals surface area contributed by atoms with Crippen LogP contribution < -0.4 is 0 Å². The van der Waals surface area contributed by atoms with Crippen LogP contribution in [0.5, 0.6) is 0 Å². The molecule has 0 N–H and O–H groups in total. The van der Waals surface area contributed by atoms with E-state index >= 15 is 0 Å². The van der Waals surface area contributed by atoms with E-state index in [1.165, 1.54) is 14.0 Å². The van der Waals surface area contributed by atoms with Crippen LogP contribution in [0.4, 0.5) is 0 Å². The van der Waals surface area contributed by atoms with Crippen molar-refractivity contribution in [1.29, 1.82) is 0 Å². The van der Waals surface area contributed by atoms with Gasteiger partial charge in [0.25, 0.3) is 0 Å². The highest BCUT2D eigenvalue weighted by Gasteiger charge is 2.64. The number of methoxy groups -OCH3 is 1. The molecule has 0 aromatic carbocycles. The van der Waals surface area contributed by atoms with Crippen LogP contribution in [0.3, 0.4) is 0 Å². The molecular formula is C27H40O5. The van der Waals surface area contributed by atoms with Crippen molar-refractivity contribution in [2.75, 3.05) is 7.11 Å². The Morgan fingerprint density at radius 3 is 2.56 bits per heavy atom. The van der Waals surface area contributed by atoms with Crippen LogP contribution >= 0.6 is 0 Å². The molecule has 0 amide bonds. The Hall–Kier alpha value is -1.83. The van der Waals surface area contributed by atoms with Crippen molar-refractivity contribution in [2.24, 2.45) is 40.4 Å². The molecule has 5 nitrogen and oxygen atoms in total. The molecule has 0 aromatic rings. The number of Topliss-reactive ketones (excluding diaryl/α,β-unsaturated/α-hetero) is 1. The van der Waals surface area contributed by atoms with Crippen LogP contribution in [0, 0.1) is 52.8 Å². The molecule has 0 radical (unpaired) electrons. The van der Waals surface area contributed by atoms with E-state index in [4.69, 9.17) is 15.9 Å². The van der Waals surface area contributed by atoms with E-state index in [9.17, 15) is 14.4 Å². The molecule has 0 bridgehead atoms. The molecule has 3 fully saturated rings. The molecule has 3 aliphatic rings. The van der Waals surface area contributed by atoms with Crippen molar-refractivity contribution in [3.63, 3.8) is 0 Å². The molecule has 0 spiro atoms. The van der Waals surface area contributed by atoms with Gasteiger partial charge in [-0.1, -0.05) is 20.8 Å². The summed E-state index contributed by atoms with van der Waals surface area (Å²) in [5.74, 6) is 4.38. The monoisotopic (exact) mass is 444 g/mol. The van der Waals surface area contributed by atoms with Gasteiger partial charge < -0.3 is 9.47 Å². The molecule has 0 saturated heterocycles. The van der Waals surface area contributed by atoms with Gasteiger partial charge in [0.05, 0.1) is 7.11 Å². The van der Waals surface area contributed by atoms with Gasteiger partial charge in [0.15, 0.2) is 0 Å². The fraction of sp³-hybridized carbons (Fsp3) is 0.815. The maximum atomic E-state index is 13.1. The normalized spacial score (nSPS) is 39.4. The van der Waals surface area contributed by atoms with Gasteiger partial charge in [-0.15, -0.1) is 12.3 Å². The van der Waals surface area contributed by atoms with Crippen molar-refractivity contribution in [2.45, 2.75) is 91.6 Å². The number of ketones is 1. The summed E-state index contributed by atoms with van der Waals surface area (Å²) in [5, 5.41) is 0. The van der Waals surface area contributed by atoms with E-state index < -0.39 is 5.41 Å². The minimum absolute atomic E-state index is 0.143. The number of terminal acetylenes is 1. The minimum Gasteiger partial charge on any atom is -0.469 e. The highest BCUT2D eigenvalue weighted by Crippen LogP contribution is 2.66. The van der Waals surface area contributed by atoms with Gasteiger partial charge in [0.2, 0.25) is 0 Å². The molecule has 3 unspecified atom stereocenters. The Morgan fingerprint density at radius 1 is 1.22 bits per heavy atom. The first-order valence-corrected chi connectivity index (χ1v) is 12.3. The maximum absolute atomic E-state index is 13.1. The number of esters is 2. The number of fused-ring (bicyclic) bond motifs is 3. The largest absolute Gasteiger partial charge is 0.469 e. The molecule has 3 saturated carbocycles. The molecule has 0 heterocycles. The lowest BCUT2D eigenvalue weighted by atomic mass is 9.47. The Bertz CT molecular complexity index is 781. The van der Waals surface area contributed by atoms with Crippen molar-refractivity contribution in [3.05, 3.63) is 0 Å². The number of rotatable bonds is 7. The van der Waals surface area contributed by atoms with Crippen molar-refractivity contribution >= 4 is 17.7 Å². The van der Waals surface area contributed by atoms with Gasteiger partial charge in [-0.3, -0.25) is 14.4 Å². The van der Waals surface area contributed by atoms with Gasteiger partial charge in [0, 0.05) is 37.0 Å². The van der Waals surface area contributed by atoms with Gasteiger partial charge in [-0.25, -0.2) is 0 Å².